The van der Waals surface area contributed by atoms with Crippen LogP contribution >= 0.6 is 34.8 Å². The monoisotopic (exact) mass is 268 g/mol. The topological polar surface area (TPSA) is 87.1 Å². The Morgan fingerprint density at radius 3 is 2.20 bits per heavy atom. The van der Waals surface area contributed by atoms with Crippen molar-refractivity contribution in [1.29, 1.82) is 5.26 Å². The van der Waals surface area contributed by atoms with Gasteiger partial charge in [0.15, 0.2) is 5.75 Å². The first kappa shape index (κ1) is 11.9. The minimum absolute atomic E-state index is 0.273. The van der Waals surface area contributed by atoms with Crippen LogP contribution in [0.1, 0.15) is 15.9 Å². The van der Waals surface area contributed by atoms with Crippen LogP contribution in [0.5, 0.6) is 5.75 Å². The number of nitriles is 1. The van der Waals surface area contributed by atoms with Crippen LogP contribution in [0.15, 0.2) is 0 Å². The van der Waals surface area contributed by atoms with Crippen LogP contribution in [0.25, 0.3) is 0 Å². The fraction of sp³-hybridized carbons (Fsp3) is 0. The van der Waals surface area contributed by atoms with Gasteiger partial charge in [-0.05, 0) is 0 Å². The minimum atomic E-state index is -0.927. The molecule has 0 aliphatic carbocycles. The van der Waals surface area contributed by atoms with Crippen molar-refractivity contribution in [3.8, 4) is 11.8 Å². The van der Waals surface area contributed by atoms with Gasteiger partial charge in [0.2, 0.25) is 0 Å². The van der Waals surface area contributed by atoms with Crippen molar-refractivity contribution in [2.75, 3.05) is 0 Å². The molecule has 1 rings (SSSR count). The van der Waals surface area contributed by atoms with E-state index in [0.29, 0.717) is 0 Å². The number of nitrogens with zero attached hydrogens (tertiary/aromatic N) is 1. The second-order valence-electron chi connectivity index (χ2n) is 2.52. The predicted molar refractivity (Wildman–Crippen MR) is 56.4 cm³/mol. The molecule has 4 nitrogen and oxygen atoms in total. The fourth-order valence-electron chi connectivity index (χ4n) is 0.967. The van der Waals surface area contributed by atoms with Gasteiger partial charge in [-0.2, -0.15) is 5.26 Å². The number of amides is 1. The van der Waals surface area contributed by atoms with Crippen LogP contribution in [0.3, 0.4) is 0 Å². The molecular weight excluding hydrogens is 266 g/mol. The standard InChI is InChI=1S/C8H3Cl3N2O2/c9-4-2(1-12)7(14)6(11)5(10)3(4)8(13)15/h14H,(H2,13,15)/i1+1,8+1,12+1,13+1. The summed E-state index contributed by atoms with van der Waals surface area (Å²) in [5.74, 6) is -1.50. The molecule has 0 aliphatic rings. The molecule has 0 unspecified atom stereocenters. The molecule has 78 valence electrons. The molecular formula is C8H3Cl3N2O2. The molecule has 0 spiro atoms. The Labute approximate surface area is 99.8 Å². The van der Waals surface area contributed by atoms with Crippen molar-refractivity contribution in [2.24, 2.45) is 5.73 Å². The maximum atomic E-state index is 11.0. The van der Waals surface area contributed by atoms with Gasteiger partial charge in [-0.1, -0.05) is 34.8 Å². The van der Waals surface area contributed by atoms with Crippen LogP contribution in [0.4, 0.5) is 0 Å². The third-order valence-corrected chi connectivity index (χ3v) is 2.87. The number of halogens is 3. The first-order valence-corrected chi connectivity index (χ1v) is 4.64. The van der Waals surface area contributed by atoms with Gasteiger partial charge in [0.05, 0.1) is 15.6 Å². The Hall–Kier alpha value is -1.15. The molecule has 0 aromatic heterocycles. The normalized spacial score (nSPS) is 9.73. The summed E-state index contributed by atoms with van der Waals surface area (Å²) in [7, 11) is 0. The Kier molecular flexibility index (Phi) is 3.30. The van der Waals surface area contributed by atoms with Gasteiger partial charge in [-0.3, -0.25) is 4.79 Å². The fourth-order valence-corrected chi connectivity index (χ4v) is 1.80. The number of hydrogen-bond donors (Lipinski definition) is 2. The van der Waals surface area contributed by atoms with Crippen molar-refractivity contribution in [3.05, 3.63) is 26.2 Å². The summed E-state index contributed by atoms with van der Waals surface area (Å²) in [5, 5.41) is 17.2. The van der Waals surface area contributed by atoms with Crippen LogP contribution in [-0.2, 0) is 0 Å². The third kappa shape index (κ3) is 1.82. The van der Waals surface area contributed by atoms with Gasteiger partial charge in [0.25, 0.3) is 5.91 Å². The van der Waals surface area contributed by atoms with Crippen LogP contribution in [0, 0.1) is 11.3 Å². The van der Waals surface area contributed by atoms with Gasteiger partial charge in [-0.25, -0.2) is 0 Å². The van der Waals surface area contributed by atoms with E-state index in [9.17, 15) is 9.90 Å². The lowest BCUT2D eigenvalue weighted by Crippen LogP contribution is -2.13. The quantitative estimate of drug-likeness (QED) is 0.466. The lowest BCUT2D eigenvalue weighted by molar-refractivity contribution is 0.100. The second-order valence-corrected chi connectivity index (χ2v) is 3.65. The van der Waals surface area contributed by atoms with Gasteiger partial charge in [-0.15, -0.1) is 0 Å². The summed E-state index contributed by atoms with van der Waals surface area (Å²) in [6.45, 7) is 0. The van der Waals surface area contributed by atoms with E-state index < -0.39 is 11.7 Å². The number of benzene rings is 1. The molecule has 0 radical (unpaired) electrons. The number of carbonyl (C=O) groups excluding carboxylic acids is 1. The van der Waals surface area contributed by atoms with Crippen LogP contribution in [-0.4, -0.2) is 11.0 Å². The van der Waals surface area contributed by atoms with E-state index in [1.54, 1.807) is 6.07 Å². The molecule has 0 aliphatic heterocycles. The zero-order valence-electron chi connectivity index (χ0n) is 7.01. The summed E-state index contributed by atoms with van der Waals surface area (Å²) in [5.41, 5.74) is 4.39. The second kappa shape index (κ2) is 4.15. The number of aromatic hydroxyl groups is 1. The summed E-state index contributed by atoms with van der Waals surface area (Å²) in [6, 6.07) is 1.59. The predicted octanol–water partition coefficient (Wildman–Crippen LogP) is 2.32. The van der Waals surface area contributed by atoms with Gasteiger partial charge in [0.1, 0.15) is 16.7 Å². The van der Waals surface area contributed by atoms with Crippen molar-refractivity contribution in [2.45, 2.75) is 0 Å². The molecule has 1 aromatic rings. The first-order chi connectivity index (χ1) is 6.91. The third-order valence-electron chi connectivity index (χ3n) is 1.65. The average molecular weight is 269 g/mol. The minimum Gasteiger partial charge on any atom is -0.505 e. The number of phenolic OH excluding ortho intramolecular Hbond substituents is 1. The highest BCUT2D eigenvalue weighted by Crippen LogP contribution is 2.41. The van der Waals surface area contributed by atoms with Crippen molar-refractivity contribution in [3.63, 3.8) is 0 Å². The van der Waals surface area contributed by atoms with E-state index in [4.69, 9.17) is 45.8 Å². The largest absolute Gasteiger partial charge is 0.505 e. The zero-order valence-corrected chi connectivity index (χ0v) is 9.28. The van der Waals surface area contributed by atoms with E-state index in [1.807, 2.05) is 0 Å². The zero-order chi connectivity index (χ0) is 11.7. The highest BCUT2D eigenvalue weighted by Gasteiger charge is 2.23. The maximum Gasteiger partial charge on any atom is 0.251 e. The number of carbonyl (C=O) groups is 1. The Balaban J connectivity index is 3.78. The van der Waals surface area contributed by atoms with E-state index in [2.05, 4.69) is 0 Å². The number of phenols is 1. The Morgan fingerprint density at radius 1 is 1.27 bits per heavy atom. The summed E-state index contributed by atoms with van der Waals surface area (Å²) in [4.78, 5) is 11.0. The lowest BCUT2D eigenvalue weighted by atomic mass is 10.2. The lowest BCUT2D eigenvalue weighted by Gasteiger charge is -2.08. The molecule has 0 atom stereocenters. The highest BCUT2D eigenvalue weighted by molar-refractivity contribution is 6.47. The maximum absolute atomic E-state index is 11.0. The molecule has 0 heterocycles. The summed E-state index contributed by atoms with van der Waals surface area (Å²) < 4.78 is 0. The van der Waals surface area contributed by atoms with Gasteiger partial charge in [0, 0.05) is 0 Å². The molecule has 0 saturated carbocycles. The first-order valence-electron chi connectivity index (χ1n) is 3.51. The molecule has 0 fully saturated rings. The molecule has 1 amide bonds. The van der Waals surface area contributed by atoms with Crippen molar-refractivity contribution in [1.82, 2.24) is 0 Å². The van der Waals surface area contributed by atoms with E-state index in [1.165, 1.54) is 0 Å². The molecule has 7 heteroatoms. The molecule has 15 heavy (non-hydrogen) atoms. The van der Waals surface area contributed by atoms with E-state index in [0.717, 1.165) is 0 Å². The van der Waals surface area contributed by atoms with Crippen molar-refractivity contribution < 1.29 is 9.90 Å². The molecule has 0 saturated heterocycles. The Morgan fingerprint density at radius 2 is 1.80 bits per heavy atom. The van der Waals surface area contributed by atoms with Crippen LogP contribution < -0.4 is 5.73 Å². The van der Waals surface area contributed by atoms with E-state index >= 15 is 0 Å². The number of nitrogens with two attached hydrogens (primary N) is 1. The van der Waals surface area contributed by atoms with Gasteiger partial charge >= 0.3 is 0 Å². The van der Waals surface area contributed by atoms with Gasteiger partial charge < -0.3 is 10.8 Å². The number of hydrogen-bond acceptors (Lipinski definition) is 3. The Bertz CT molecular complexity index is 494. The van der Waals surface area contributed by atoms with Crippen molar-refractivity contribution >= 4 is 40.7 Å². The number of rotatable bonds is 1. The van der Waals surface area contributed by atoms with E-state index in [-0.39, 0.29) is 26.2 Å². The number of primary amides is 1. The SMILES string of the molecule is [15N]#[13C]c1c(O)c(Cl)c(Cl)c([13C]([15NH2])=O)c1Cl. The summed E-state index contributed by atoms with van der Waals surface area (Å²) >= 11 is 16.9. The average Bonchev–Trinajstić information content (AvgIpc) is 2.15. The highest BCUT2D eigenvalue weighted by atomic mass is 35.5. The molecule has 1 aromatic carbocycles. The smallest absolute Gasteiger partial charge is 0.251 e. The summed E-state index contributed by atoms with van der Waals surface area (Å²) in [6.07, 6.45) is 0. The molecule has 0 bridgehead atoms. The molecule has 3 N–H and O–H groups in total. The van der Waals surface area contributed by atoms with Crippen LogP contribution in [0.2, 0.25) is 15.1 Å².